The van der Waals surface area contributed by atoms with Gasteiger partial charge in [-0.2, -0.15) is 0 Å². The van der Waals surface area contributed by atoms with Gasteiger partial charge in [-0.15, -0.1) is 0 Å². The van der Waals surface area contributed by atoms with Crippen LogP contribution in [0.15, 0.2) is 29.2 Å². The van der Waals surface area contributed by atoms with Crippen LogP contribution in [0.3, 0.4) is 0 Å². The number of pyridine rings is 2. The van der Waals surface area contributed by atoms with Crippen molar-refractivity contribution in [2.75, 3.05) is 6.61 Å². The van der Waals surface area contributed by atoms with Gasteiger partial charge in [0.15, 0.2) is 0 Å². The first kappa shape index (κ1) is 25.5. The summed E-state index contributed by atoms with van der Waals surface area (Å²) in [5.74, 6) is 0.788. The summed E-state index contributed by atoms with van der Waals surface area (Å²) in [6.07, 6.45) is 1.87. The number of carbonyl (C=O) groups is 1. The Hall–Kier alpha value is -3.13. The van der Waals surface area contributed by atoms with Gasteiger partial charge >= 0.3 is 6.09 Å². The van der Waals surface area contributed by atoms with Crippen LogP contribution in [-0.4, -0.2) is 39.0 Å². The van der Waals surface area contributed by atoms with E-state index in [9.17, 15) is 14.7 Å². The molecule has 1 amide bonds. The Morgan fingerprint density at radius 2 is 1.94 bits per heavy atom. The first-order valence-corrected chi connectivity index (χ1v) is 11.6. The van der Waals surface area contributed by atoms with Gasteiger partial charge in [-0.05, 0) is 57.6 Å². The smallest absolute Gasteiger partial charge is 0.407 e. The van der Waals surface area contributed by atoms with Crippen molar-refractivity contribution in [2.45, 2.75) is 66.2 Å². The largest absolute Gasteiger partial charge is 0.491 e. The highest BCUT2D eigenvalue weighted by Crippen LogP contribution is 2.30. The number of aromatic nitrogens is 2. The second-order valence-corrected chi connectivity index (χ2v) is 10.1. The summed E-state index contributed by atoms with van der Waals surface area (Å²) in [6.45, 7) is 11.4. The summed E-state index contributed by atoms with van der Waals surface area (Å²) in [6, 6.07) is 5.16. The van der Waals surface area contributed by atoms with E-state index >= 15 is 0 Å². The van der Waals surface area contributed by atoms with E-state index in [0.717, 1.165) is 10.8 Å². The van der Waals surface area contributed by atoms with Crippen LogP contribution in [0.1, 0.15) is 52.3 Å². The number of benzene rings is 1. The molecule has 0 aliphatic carbocycles. The molecule has 8 heteroatoms. The number of amides is 1. The van der Waals surface area contributed by atoms with Crippen molar-refractivity contribution in [3.05, 3.63) is 46.0 Å². The summed E-state index contributed by atoms with van der Waals surface area (Å²) in [7, 11) is 1.71. The number of ether oxygens (including phenoxy) is 2. The Bertz CT molecular complexity index is 1260. The van der Waals surface area contributed by atoms with E-state index in [1.165, 1.54) is 0 Å². The molecule has 3 rings (SSSR count). The molecule has 2 N–H and O–H groups in total. The summed E-state index contributed by atoms with van der Waals surface area (Å²) in [4.78, 5) is 29.6. The summed E-state index contributed by atoms with van der Waals surface area (Å²) in [5.41, 5.74) is 1.21. The zero-order valence-corrected chi connectivity index (χ0v) is 21.1. The number of nitrogens with one attached hydrogen (secondary N) is 1. The number of alkyl carbamates (subject to hydrolysis) is 1. The topological polar surface area (TPSA) is 103 Å². The van der Waals surface area contributed by atoms with E-state index < -0.39 is 11.7 Å². The molecule has 1 atom stereocenters. The van der Waals surface area contributed by atoms with Crippen molar-refractivity contribution in [1.82, 2.24) is 14.9 Å². The van der Waals surface area contributed by atoms with Crippen LogP contribution in [0.5, 0.6) is 5.75 Å². The van der Waals surface area contributed by atoms with E-state index in [4.69, 9.17) is 9.47 Å². The van der Waals surface area contributed by atoms with Crippen LogP contribution in [0, 0.1) is 12.8 Å². The lowest BCUT2D eigenvalue weighted by atomic mass is 10.0. The second-order valence-electron chi connectivity index (χ2n) is 10.1. The number of nitrogens with zero attached hydrogens (tertiary/aromatic N) is 2. The average molecular weight is 470 g/mol. The van der Waals surface area contributed by atoms with Crippen molar-refractivity contribution in [3.63, 3.8) is 0 Å². The van der Waals surface area contributed by atoms with Crippen LogP contribution in [-0.2, 0) is 18.4 Å². The molecule has 1 aromatic carbocycles. The molecule has 2 heterocycles. The van der Waals surface area contributed by atoms with Gasteiger partial charge < -0.3 is 24.5 Å². The lowest BCUT2D eigenvalue weighted by Gasteiger charge is -2.25. The fourth-order valence-electron chi connectivity index (χ4n) is 4.11. The van der Waals surface area contributed by atoms with Gasteiger partial charge in [0, 0.05) is 30.3 Å². The maximum absolute atomic E-state index is 13.0. The maximum Gasteiger partial charge on any atom is 0.407 e. The van der Waals surface area contributed by atoms with Crippen molar-refractivity contribution in [1.29, 1.82) is 0 Å². The molecule has 2 aromatic heterocycles. The van der Waals surface area contributed by atoms with Gasteiger partial charge in [0.05, 0.1) is 29.2 Å². The molecular weight excluding hydrogens is 434 g/mol. The van der Waals surface area contributed by atoms with Gasteiger partial charge in [0.1, 0.15) is 18.0 Å². The molecule has 184 valence electrons. The minimum absolute atomic E-state index is 0.139. The molecule has 0 spiro atoms. The molecule has 0 bridgehead atoms. The monoisotopic (exact) mass is 469 g/mol. The first-order valence-electron chi connectivity index (χ1n) is 11.6. The predicted octanol–water partition coefficient (Wildman–Crippen LogP) is 4.21. The Kier molecular flexibility index (Phi) is 7.51. The minimum Gasteiger partial charge on any atom is -0.491 e. The zero-order valence-electron chi connectivity index (χ0n) is 21.1. The Morgan fingerprint density at radius 1 is 1.24 bits per heavy atom. The number of hydrogen-bond acceptors (Lipinski definition) is 6. The average Bonchev–Trinajstić information content (AvgIpc) is 2.73. The number of carbonyl (C=O) groups excluding carboxylic acids is 1. The highest BCUT2D eigenvalue weighted by molar-refractivity contribution is 6.06. The maximum atomic E-state index is 13.0. The normalized spacial score (nSPS) is 12.9. The molecule has 8 nitrogen and oxygen atoms in total. The number of aliphatic hydroxyl groups excluding tert-OH is 1. The molecule has 0 radical (unpaired) electrons. The SMILES string of the molecule is Cc1nccc2c1c(=O)n(C)c1cc(OCC(CC(C)C)NC(=O)OC(C)(C)C)c(CO)cc21. The fourth-order valence-corrected chi connectivity index (χ4v) is 4.11. The highest BCUT2D eigenvalue weighted by atomic mass is 16.6. The van der Waals surface area contributed by atoms with E-state index in [1.54, 1.807) is 23.9 Å². The number of rotatable bonds is 7. The third-order valence-corrected chi connectivity index (χ3v) is 5.58. The van der Waals surface area contributed by atoms with E-state index in [1.807, 2.05) is 39.8 Å². The van der Waals surface area contributed by atoms with Crippen LogP contribution in [0.4, 0.5) is 4.79 Å². The van der Waals surface area contributed by atoms with Gasteiger partial charge in [-0.1, -0.05) is 13.8 Å². The van der Waals surface area contributed by atoms with Crippen molar-refractivity contribution >= 4 is 27.8 Å². The van der Waals surface area contributed by atoms with Crippen molar-refractivity contribution in [3.8, 4) is 5.75 Å². The highest BCUT2D eigenvalue weighted by Gasteiger charge is 2.22. The minimum atomic E-state index is -0.600. The lowest BCUT2D eigenvalue weighted by molar-refractivity contribution is 0.0479. The van der Waals surface area contributed by atoms with Crippen molar-refractivity contribution < 1.29 is 19.4 Å². The van der Waals surface area contributed by atoms with E-state index in [0.29, 0.717) is 40.2 Å². The van der Waals surface area contributed by atoms with Gasteiger partial charge in [-0.25, -0.2) is 4.79 Å². The van der Waals surface area contributed by atoms with Crippen LogP contribution in [0.2, 0.25) is 0 Å². The Morgan fingerprint density at radius 3 is 2.56 bits per heavy atom. The summed E-state index contributed by atoms with van der Waals surface area (Å²) in [5, 5.41) is 15.1. The molecule has 3 aromatic rings. The summed E-state index contributed by atoms with van der Waals surface area (Å²) >= 11 is 0. The van der Waals surface area contributed by atoms with Crippen LogP contribution >= 0.6 is 0 Å². The van der Waals surface area contributed by atoms with Gasteiger partial charge in [0.2, 0.25) is 0 Å². The standard InChI is InChI=1S/C26H35N3O5/c1-15(2)10-18(28-25(32)34-26(4,5)6)14-33-22-12-21-20(11-17(22)13-30)19-8-9-27-16(3)23(19)24(31)29(21)7/h8-9,11-12,15,18,30H,10,13-14H2,1-7H3,(H,28,32). The molecule has 1 unspecified atom stereocenters. The van der Waals surface area contributed by atoms with E-state index in [-0.39, 0.29) is 24.8 Å². The third-order valence-electron chi connectivity index (χ3n) is 5.58. The molecular formula is C26H35N3O5. The van der Waals surface area contributed by atoms with Gasteiger partial charge in [-0.3, -0.25) is 9.78 Å². The number of hydrogen-bond donors (Lipinski definition) is 2. The molecule has 0 saturated heterocycles. The Balaban J connectivity index is 1.97. The third kappa shape index (κ3) is 5.67. The van der Waals surface area contributed by atoms with E-state index in [2.05, 4.69) is 24.1 Å². The molecule has 0 aliphatic heterocycles. The zero-order chi connectivity index (χ0) is 25.2. The first-order chi connectivity index (χ1) is 15.9. The lowest BCUT2D eigenvalue weighted by Crippen LogP contribution is -2.42. The number of aliphatic hydroxyl groups is 1. The number of aryl methyl sites for hydroxylation is 2. The molecule has 0 fully saturated rings. The molecule has 0 aliphatic rings. The predicted molar refractivity (Wildman–Crippen MR) is 133 cm³/mol. The molecule has 0 saturated carbocycles. The Labute approximate surface area is 199 Å². The van der Waals surface area contributed by atoms with Crippen molar-refractivity contribution in [2.24, 2.45) is 13.0 Å². The van der Waals surface area contributed by atoms with Gasteiger partial charge in [0.25, 0.3) is 5.56 Å². The quantitative estimate of drug-likeness (QED) is 0.503. The molecule has 34 heavy (non-hydrogen) atoms. The fraction of sp³-hybridized carbons (Fsp3) is 0.500. The number of fused-ring (bicyclic) bond motifs is 3. The van der Waals surface area contributed by atoms with Crippen LogP contribution in [0.25, 0.3) is 21.7 Å². The summed E-state index contributed by atoms with van der Waals surface area (Å²) < 4.78 is 13.1. The van der Waals surface area contributed by atoms with Crippen LogP contribution < -0.4 is 15.6 Å². The second kappa shape index (κ2) is 10.0.